The normalized spacial score (nSPS) is 20.1. The van der Waals surface area contributed by atoms with Gasteiger partial charge in [0.25, 0.3) is 5.91 Å². The summed E-state index contributed by atoms with van der Waals surface area (Å²) < 4.78 is 13.7. The second-order valence-electron chi connectivity index (χ2n) is 10.8. The van der Waals surface area contributed by atoms with Crippen molar-refractivity contribution < 1.29 is 23.9 Å². The molecule has 37 heavy (non-hydrogen) atoms. The zero-order valence-electron chi connectivity index (χ0n) is 22.6. The lowest BCUT2D eigenvalue weighted by Crippen LogP contribution is -2.53. The number of amides is 3. The predicted molar refractivity (Wildman–Crippen MR) is 150 cm³/mol. The molecule has 1 saturated heterocycles. The van der Waals surface area contributed by atoms with E-state index in [1.54, 1.807) is 34.8 Å². The molecule has 10 heteroatoms. The van der Waals surface area contributed by atoms with Gasteiger partial charge < -0.3 is 14.8 Å². The van der Waals surface area contributed by atoms with Crippen LogP contribution in [0.3, 0.4) is 0 Å². The molecule has 1 aromatic carbocycles. The van der Waals surface area contributed by atoms with E-state index in [1.807, 2.05) is 12.1 Å². The number of thioether (sulfide) groups is 1. The molecule has 3 rings (SSSR count). The van der Waals surface area contributed by atoms with Crippen LogP contribution in [0.5, 0.6) is 5.75 Å². The highest BCUT2D eigenvalue weighted by atomic mass is 32.2. The van der Waals surface area contributed by atoms with Crippen LogP contribution in [0.4, 0.5) is 4.79 Å². The number of carbonyl (C=O) groups is 3. The molecule has 1 aliphatic carbocycles. The molecule has 1 saturated carbocycles. The van der Waals surface area contributed by atoms with Crippen molar-refractivity contribution in [3.63, 3.8) is 0 Å². The molecule has 2 N–H and O–H groups in total. The summed E-state index contributed by atoms with van der Waals surface area (Å²) in [6.45, 7) is 7.06. The lowest BCUT2D eigenvalue weighted by molar-refractivity contribution is -0.130. The molecular formula is C27H41N3O5S2. The Morgan fingerprint density at radius 1 is 1.14 bits per heavy atom. The number of hydrogen-bond donors (Lipinski definition) is 2. The Hall–Kier alpha value is -2.07. The Balaban J connectivity index is 1.55. The highest BCUT2D eigenvalue weighted by Gasteiger charge is 2.38. The third kappa shape index (κ3) is 9.02. The van der Waals surface area contributed by atoms with Gasteiger partial charge in [0, 0.05) is 11.0 Å². The molecule has 1 aliphatic heterocycles. The minimum absolute atomic E-state index is 0.245. The largest absolute Gasteiger partial charge is 0.497 e. The lowest BCUT2D eigenvalue weighted by atomic mass is 9.85. The van der Waals surface area contributed by atoms with Gasteiger partial charge in [-0.3, -0.25) is 19.2 Å². The van der Waals surface area contributed by atoms with Crippen molar-refractivity contribution in [3.05, 3.63) is 29.8 Å². The first kappa shape index (κ1) is 29.5. The fourth-order valence-corrected chi connectivity index (χ4v) is 6.89. The van der Waals surface area contributed by atoms with Gasteiger partial charge in [0.05, 0.1) is 13.0 Å². The first-order valence-corrected chi connectivity index (χ1v) is 15.1. The molecule has 3 atom stereocenters. The van der Waals surface area contributed by atoms with Crippen LogP contribution in [0.25, 0.3) is 0 Å². The van der Waals surface area contributed by atoms with Crippen LogP contribution < -0.4 is 14.8 Å². The molecule has 0 radical (unpaired) electrons. The van der Waals surface area contributed by atoms with E-state index in [4.69, 9.17) is 9.47 Å². The van der Waals surface area contributed by atoms with Crippen LogP contribution in [0.2, 0.25) is 0 Å². The van der Waals surface area contributed by atoms with Crippen LogP contribution in [0, 0.1) is 5.92 Å². The number of benzene rings is 1. The maximum atomic E-state index is 12.9. The Bertz CT molecular complexity index is 916. The molecular weight excluding hydrogens is 510 g/mol. The molecule has 1 aromatic rings. The number of ether oxygens (including phenoxy) is 2. The van der Waals surface area contributed by atoms with Gasteiger partial charge in [0.15, 0.2) is 0 Å². The van der Waals surface area contributed by atoms with Gasteiger partial charge >= 0.3 is 6.09 Å². The molecule has 2 fully saturated rings. The van der Waals surface area contributed by atoms with Crippen LogP contribution in [0.1, 0.15) is 65.4 Å². The molecule has 1 unspecified atom stereocenters. The van der Waals surface area contributed by atoms with Crippen molar-refractivity contribution in [1.29, 1.82) is 0 Å². The topological polar surface area (TPSA) is 97.0 Å². The molecule has 0 bridgehead atoms. The second-order valence-corrected chi connectivity index (χ2v) is 12.8. The third-order valence-corrected chi connectivity index (χ3v) is 8.83. The van der Waals surface area contributed by atoms with Crippen LogP contribution in [-0.2, 0) is 20.7 Å². The second kappa shape index (κ2) is 13.6. The van der Waals surface area contributed by atoms with Gasteiger partial charge in [-0.2, -0.15) is 0 Å². The summed E-state index contributed by atoms with van der Waals surface area (Å²) in [7, 11) is 1.66. The van der Waals surface area contributed by atoms with Crippen LogP contribution in [-0.4, -0.2) is 64.5 Å². The van der Waals surface area contributed by atoms with E-state index in [0.29, 0.717) is 17.5 Å². The van der Waals surface area contributed by atoms with Crippen molar-refractivity contribution in [2.24, 2.45) is 5.92 Å². The van der Waals surface area contributed by atoms with Crippen molar-refractivity contribution in [2.75, 3.05) is 18.7 Å². The van der Waals surface area contributed by atoms with Gasteiger partial charge in [-0.1, -0.05) is 31.4 Å². The Morgan fingerprint density at radius 3 is 2.43 bits per heavy atom. The van der Waals surface area contributed by atoms with Crippen molar-refractivity contribution in [1.82, 2.24) is 14.9 Å². The van der Waals surface area contributed by atoms with Gasteiger partial charge in [0.2, 0.25) is 5.91 Å². The minimum atomic E-state index is -0.723. The fraction of sp³-hybridized carbons (Fsp3) is 0.667. The molecule has 8 nitrogen and oxygen atoms in total. The lowest BCUT2D eigenvalue weighted by Gasteiger charge is -2.30. The Morgan fingerprint density at radius 2 is 1.81 bits per heavy atom. The van der Waals surface area contributed by atoms with E-state index in [2.05, 4.69) is 22.2 Å². The summed E-state index contributed by atoms with van der Waals surface area (Å²) >= 11 is 2.96. The summed E-state index contributed by atoms with van der Waals surface area (Å²) in [6.07, 6.45) is 6.37. The van der Waals surface area contributed by atoms with E-state index < -0.39 is 23.8 Å². The smallest absolute Gasteiger partial charge is 0.411 e. The number of hydrogen-bond acceptors (Lipinski definition) is 7. The summed E-state index contributed by atoms with van der Waals surface area (Å²) in [5.41, 5.74) is 0.566. The molecule has 2 aliphatic rings. The monoisotopic (exact) mass is 551 g/mol. The van der Waals surface area contributed by atoms with E-state index in [0.717, 1.165) is 25.0 Å². The van der Waals surface area contributed by atoms with E-state index in [-0.39, 0.29) is 17.1 Å². The number of carbonyl (C=O) groups excluding carboxylic acids is 3. The van der Waals surface area contributed by atoms with Gasteiger partial charge in [-0.05, 0) is 82.5 Å². The first-order valence-electron chi connectivity index (χ1n) is 13.0. The number of rotatable bonds is 9. The maximum Gasteiger partial charge on any atom is 0.411 e. The molecule has 1 heterocycles. The minimum Gasteiger partial charge on any atom is -0.497 e. The maximum absolute atomic E-state index is 12.9. The summed E-state index contributed by atoms with van der Waals surface area (Å²) in [5.74, 6) is 1.63. The van der Waals surface area contributed by atoms with Crippen molar-refractivity contribution in [3.8, 4) is 5.75 Å². The predicted octanol–water partition coefficient (Wildman–Crippen LogP) is 4.77. The Labute approximate surface area is 229 Å². The SMILES string of the molecule is COc1ccc(CC(SNC(=O)[C@@H](C)NC(=O)[C@H]2CSCN2C(=O)OC(C)(C)C)C2CCCCC2)cc1. The van der Waals surface area contributed by atoms with Crippen molar-refractivity contribution in [2.45, 2.75) is 89.2 Å². The number of methoxy groups -OCH3 is 1. The average Bonchev–Trinajstić information content (AvgIpc) is 3.37. The van der Waals surface area contributed by atoms with E-state index >= 15 is 0 Å². The Kier molecular flexibility index (Phi) is 10.9. The van der Waals surface area contributed by atoms with Gasteiger partial charge in [-0.25, -0.2) is 4.79 Å². The zero-order valence-corrected chi connectivity index (χ0v) is 24.2. The first-order chi connectivity index (χ1) is 17.6. The van der Waals surface area contributed by atoms with Crippen LogP contribution in [0.15, 0.2) is 24.3 Å². The highest BCUT2D eigenvalue weighted by molar-refractivity contribution is 7.99. The molecule has 3 amide bonds. The van der Waals surface area contributed by atoms with E-state index in [9.17, 15) is 14.4 Å². The number of nitrogens with zero attached hydrogens (tertiary/aromatic N) is 1. The van der Waals surface area contributed by atoms with Crippen LogP contribution >= 0.6 is 23.7 Å². The average molecular weight is 552 g/mol. The summed E-state index contributed by atoms with van der Waals surface area (Å²) in [6, 6.07) is 6.71. The summed E-state index contributed by atoms with van der Waals surface area (Å²) in [5, 5.41) is 3.04. The zero-order chi connectivity index (χ0) is 27.0. The van der Waals surface area contributed by atoms with E-state index in [1.165, 1.54) is 53.4 Å². The quantitative estimate of drug-likeness (QED) is 0.427. The third-order valence-electron chi connectivity index (χ3n) is 6.65. The number of nitrogens with one attached hydrogen (secondary N) is 2. The van der Waals surface area contributed by atoms with Crippen molar-refractivity contribution >= 4 is 41.6 Å². The molecule has 0 aromatic heterocycles. The standard InChI is InChI=1S/C27H41N3O5S2/c1-18(28-25(32)22-16-36-17-30(22)26(33)35-27(2,3)4)24(31)29-37-23(20-9-7-6-8-10-20)15-19-11-13-21(34-5)14-12-19/h11-14,18,20,22-23H,6-10,15-17H2,1-5H3,(H,28,32)(H,29,31)/t18-,22-,23?/m1/s1. The molecule has 0 spiro atoms. The van der Waals surface area contributed by atoms with Gasteiger partial charge in [-0.15, -0.1) is 11.8 Å². The van der Waals surface area contributed by atoms with Gasteiger partial charge in [0.1, 0.15) is 23.4 Å². The highest BCUT2D eigenvalue weighted by Crippen LogP contribution is 2.34. The molecule has 206 valence electrons. The summed E-state index contributed by atoms with van der Waals surface area (Å²) in [4.78, 5) is 39.9. The fourth-order valence-electron chi connectivity index (χ4n) is 4.56.